The number of fused-ring (bicyclic) bond motifs is 1. The number of carboxylic acids is 1. The second kappa shape index (κ2) is 6.05. The number of nitrogens with zero attached hydrogens (tertiary/aromatic N) is 3. The molecule has 5 nitrogen and oxygen atoms in total. The standard InChI is InChI=1S/C15H21N3O2S/c1-10(2)15(3,4)9-18-13-11(6-5-7-16-13)17-14(18)21-8-12(19)20/h5-7,10H,8-9H2,1-4H3,(H,19,20). The number of aromatic nitrogens is 3. The predicted molar refractivity (Wildman–Crippen MR) is 84.5 cm³/mol. The van der Waals surface area contributed by atoms with Crippen LogP contribution in [0.1, 0.15) is 27.7 Å². The molecule has 0 aliphatic rings. The van der Waals surface area contributed by atoms with E-state index in [-0.39, 0.29) is 11.2 Å². The van der Waals surface area contributed by atoms with Gasteiger partial charge < -0.3 is 9.67 Å². The van der Waals surface area contributed by atoms with Crippen molar-refractivity contribution in [2.24, 2.45) is 11.3 Å². The molecule has 0 fully saturated rings. The van der Waals surface area contributed by atoms with Crippen molar-refractivity contribution in [2.75, 3.05) is 5.75 Å². The van der Waals surface area contributed by atoms with Gasteiger partial charge in [0.05, 0.1) is 5.75 Å². The van der Waals surface area contributed by atoms with Gasteiger partial charge in [0, 0.05) is 12.7 Å². The number of hydrogen-bond donors (Lipinski definition) is 1. The summed E-state index contributed by atoms with van der Waals surface area (Å²) in [4.78, 5) is 19.8. The Morgan fingerprint density at radius 1 is 1.48 bits per heavy atom. The number of carboxylic acid groups (broad SMARTS) is 1. The zero-order chi connectivity index (χ0) is 15.6. The summed E-state index contributed by atoms with van der Waals surface area (Å²) in [5, 5.41) is 9.61. The molecule has 0 bridgehead atoms. The molecule has 0 amide bonds. The Bertz CT molecular complexity index is 649. The molecule has 21 heavy (non-hydrogen) atoms. The van der Waals surface area contributed by atoms with Crippen LogP contribution in [0.4, 0.5) is 0 Å². The van der Waals surface area contributed by atoms with Gasteiger partial charge in [-0.3, -0.25) is 4.79 Å². The lowest BCUT2D eigenvalue weighted by Gasteiger charge is -2.30. The first kappa shape index (κ1) is 15.8. The zero-order valence-corrected chi connectivity index (χ0v) is 13.6. The lowest BCUT2D eigenvalue weighted by Crippen LogP contribution is -2.26. The number of pyridine rings is 1. The van der Waals surface area contributed by atoms with Crippen LogP contribution in [0.15, 0.2) is 23.5 Å². The topological polar surface area (TPSA) is 68.0 Å². The first-order chi connectivity index (χ1) is 9.81. The van der Waals surface area contributed by atoms with Crippen LogP contribution in [0.25, 0.3) is 11.2 Å². The van der Waals surface area contributed by atoms with Crippen LogP contribution >= 0.6 is 11.8 Å². The van der Waals surface area contributed by atoms with E-state index < -0.39 is 5.97 Å². The summed E-state index contributed by atoms with van der Waals surface area (Å²) < 4.78 is 2.04. The van der Waals surface area contributed by atoms with Crippen LogP contribution in [0, 0.1) is 11.3 Å². The van der Waals surface area contributed by atoms with Gasteiger partial charge in [0.25, 0.3) is 0 Å². The van der Waals surface area contributed by atoms with Crippen molar-refractivity contribution < 1.29 is 9.90 Å². The van der Waals surface area contributed by atoms with Crippen molar-refractivity contribution in [3.05, 3.63) is 18.3 Å². The third kappa shape index (κ3) is 3.56. The molecule has 6 heteroatoms. The summed E-state index contributed by atoms with van der Waals surface area (Å²) in [6.45, 7) is 9.56. The van der Waals surface area contributed by atoms with Gasteiger partial charge in [0.1, 0.15) is 5.52 Å². The molecular formula is C15H21N3O2S. The molecule has 0 radical (unpaired) electrons. The highest BCUT2D eigenvalue weighted by Gasteiger charge is 2.26. The fourth-order valence-corrected chi connectivity index (χ4v) is 2.63. The van der Waals surface area contributed by atoms with Gasteiger partial charge in [0.15, 0.2) is 10.8 Å². The molecule has 1 N–H and O–H groups in total. The largest absolute Gasteiger partial charge is 0.481 e. The Morgan fingerprint density at radius 3 is 2.81 bits per heavy atom. The van der Waals surface area contributed by atoms with E-state index in [1.807, 2.05) is 16.7 Å². The van der Waals surface area contributed by atoms with E-state index in [9.17, 15) is 4.79 Å². The molecule has 0 atom stereocenters. The minimum absolute atomic E-state index is 0.00539. The van der Waals surface area contributed by atoms with Gasteiger partial charge in [-0.05, 0) is 23.5 Å². The smallest absolute Gasteiger partial charge is 0.313 e. The van der Waals surface area contributed by atoms with Crippen molar-refractivity contribution in [1.82, 2.24) is 14.5 Å². The molecule has 2 heterocycles. The molecule has 0 aliphatic heterocycles. The highest BCUT2D eigenvalue weighted by Crippen LogP contribution is 2.32. The monoisotopic (exact) mass is 307 g/mol. The van der Waals surface area contributed by atoms with Crippen LogP contribution in [-0.4, -0.2) is 31.4 Å². The van der Waals surface area contributed by atoms with Crippen LogP contribution in [0.3, 0.4) is 0 Å². The molecule has 2 aromatic rings. The maximum Gasteiger partial charge on any atom is 0.313 e. The number of imidazole rings is 1. The molecule has 2 aromatic heterocycles. The molecule has 0 saturated carbocycles. The second-order valence-corrected chi connectivity index (χ2v) is 7.09. The third-order valence-corrected chi connectivity index (χ3v) is 4.88. The maximum absolute atomic E-state index is 10.8. The van der Waals surface area contributed by atoms with Gasteiger partial charge in [-0.1, -0.05) is 39.5 Å². The normalized spacial score (nSPS) is 12.2. The highest BCUT2D eigenvalue weighted by molar-refractivity contribution is 7.99. The fourth-order valence-electron chi connectivity index (χ4n) is 1.91. The zero-order valence-electron chi connectivity index (χ0n) is 12.8. The number of rotatable bonds is 6. The summed E-state index contributed by atoms with van der Waals surface area (Å²) in [5.74, 6) is -0.337. The average molecular weight is 307 g/mol. The number of aliphatic carboxylic acids is 1. The number of hydrogen-bond acceptors (Lipinski definition) is 4. The SMILES string of the molecule is CC(C)C(C)(C)Cn1c(SCC(=O)O)nc2cccnc21. The Morgan fingerprint density at radius 2 is 2.19 bits per heavy atom. The first-order valence-electron chi connectivity index (χ1n) is 6.97. The van der Waals surface area contributed by atoms with E-state index in [1.54, 1.807) is 6.20 Å². The number of carbonyl (C=O) groups is 1. The van der Waals surface area contributed by atoms with Crippen molar-refractivity contribution >= 4 is 28.9 Å². The lowest BCUT2D eigenvalue weighted by atomic mass is 9.81. The van der Waals surface area contributed by atoms with E-state index in [0.29, 0.717) is 5.92 Å². The molecule has 0 aromatic carbocycles. The van der Waals surface area contributed by atoms with Crippen LogP contribution < -0.4 is 0 Å². The molecule has 0 saturated heterocycles. The Hall–Kier alpha value is -1.56. The van der Waals surface area contributed by atoms with Crippen LogP contribution in [0.5, 0.6) is 0 Å². The first-order valence-corrected chi connectivity index (χ1v) is 7.95. The fraction of sp³-hybridized carbons (Fsp3) is 0.533. The summed E-state index contributed by atoms with van der Waals surface area (Å²) in [5.41, 5.74) is 1.70. The van der Waals surface area contributed by atoms with Gasteiger partial charge in [-0.15, -0.1) is 0 Å². The predicted octanol–water partition coefficient (Wildman–Crippen LogP) is 3.29. The summed E-state index contributed by atoms with van der Waals surface area (Å²) in [6.07, 6.45) is 1.74. The average Bonchev–Trinajstić information content (AvgIpc) is 2.74. The van der Waals surface area contributed by atoms with E-state index in [0.717, 1.165) is 22.9 Å². The molecule has 0 unspecified atom stereocenters. The van der Waals surface area contributed by atoms with Crippen molar-refractivity contribution in [2.45, 2.75) is 39.4 Å². The summed E-state index contributed by atoms with van der Waals surface area (Å²) in [7, 11) is 0. The van der Waals surface area contributed by atoms with Crippen LogP contribution in [0.2, 0.25) is 0 Å². The van der Waals surface area contributed by atoms with Crippen molar-refractivity contribution in [3.63, 3.8) is 0 Å². The summed E-state index contributed by atoms with van der Waals surface area (Å²) in [6, 6.07) is 3.75. The lowest BCUT2D eigenvalue weighted by molar-refractivity contribution is -0.133. The van der Waals surface area contributed by atoms with E-state index in [2.05, 4.69) is 37.7 Å². The van der Waals surface area contributed by atoms with Crippen molar-refractivity contribution in [1.29, 1.82) is 0 Å². The Labute approximate surface area is 128 Å². The molecular weight excluding hydrogens is 286 g/mol. The Balaban J connectivity index is 2.42. The minimum Gasteiger partial charge on any atom is -0.481 e. The van der Waals surface area contributed by atoms with Gasteiger partial charge in [-0.25, -0.2) is 9.97 Å². The molecule has 2 rings (SSSR count). The maximum atomic E-state index is 10.8. The summed E-state index contributed by atoms with van der Waals surface area (Å²) >= 11 is 1.25. The van der Waals surface area contributed by atoms with E-state index in [1.165, 1.54) is 11.8 Å². The molecule has 114 valence electrons. The van der Waals surface area contributed by atoms with Crippen LogP contribution in [-0.2, 0) is 11.3 Å². The second-order valence-electron chi connectivity index (χ2n) is 6.15. The molecule has 0 spiro atoms. The van der Waals surface area contributed by atoms with Gasteiger partial charge in [-0.2, -0.15) is 0 Å². The van der Waals surface area contributed by atoms with Gasteiger partial charge in [0.2, 0.25) is 0 Å². The molecule has 0 aliphatic carbocycles. The Kier molecular flexibility index (Phi) is 4.56. The van der Waals surface area contributed by atoms with Crippen molar-refractivity contribution in [3.8, 4) is 0 Å². The quantitative estimate of drug-likeness (QED) is 0.829. The minimum atomic E-state index is -0.838. The van der Waals surface area contributed by atoms with E-state index in [4.69, 9.17) is 5.11 Å². The number of thioether (sulfide) groups is 1. The van der Waals surface area contributed by atoms with Gasteiger partial charge >= 0.3 is 5.97 Å². The highest BCUT2D eigenvalue weighted by atomic mass is 32.2. The third-order valence-electron chi connectivity index (χ3n) is 3.92. The van der Waals surface area contributed by atoms with E-state index >= 15 is 0 Å².